The number of aryl methyl sites for hydroxylation is 3. The fourth-order valence-electron chi connectivity index (χ4n) is 2.47. The van der Waals surface area contributed by atoms with Gasteiger partial charge in [0.25, 0.3) is 0 Å². The SMILES string of the molecule is Cc1cc(C(Cl)c2ccc3c(c2)n(C)c(=O)n3C)co1. The van der Waals surface area contributed by atoms with Gasteiger partial charge in [-0.25, -0.2) is 4.79 Å². The van der Waals surface area contributed by atoms with Crippen LogP contribution in [0.25, 0.3) is 11.0 Å². The van der Waals surface area contributed by atoms with Crippen molar-refractivity contribution in [2.24, 2.45) is 14.1 Å². The van der Waals surface area contributed by atoms with Gasteiger partial charge >= 0.3 is 5.69 Å². The van der Waals surface area contributed by atoms with Crippen molar-refractivity contribution in [3.8, 4) is 0 Å². The van der Waals surface area contributed by atoms with Gasteiger partial charge in [0.15, 0.2) is 0 Å². The molecule has 3 aromatic rings. The summed E-state index contributed by atoms with van der Waals surface area (Å²) >= 11 is 6.49. The van der Waals surface area contributed by atoms with Crippen LogP contribution in [0, 0.1) is 6.92 Å². The van der Waals surface area contributed by atoms with Gasteiger partial charge in [-0.05, 0) is 30.7 Å². The van der Waals surface area contributed by atoms with E-state index in [4.69, 9.17) is 16.0 Å². The van der Waals surface area contributed by atoms with E-state index in [0.717, 1.165) is 27.9 Å². The summed E-state index contributed by atoms with van der Waals surface area (Å²) in [6.45, 7) is 1.89. The zero-order valence-corrected chi connectivity index (χ0v) is 12.3. The molecule has 3 rings (SSSR count). The van der Waals surface area contributed by atoms with Crippen LogP contribution in [0.4, 0.5) is 0 Å². The minimum atomic E-state index is -0.285. The lowest BCUT2D eigenvalue weighted by molar-refractivity contribution is 0.532. The van der Waals surface area contributed by atoms with Crippen LogP contribution < -0.4 is 5.69 Å². The highest BCUT2D eigenvalue weighted by molar-refractivity contribution is 6.22. The highest BCUT2D eigenvalue weighted by Gasteiger charge is 2.16. The molecule has 2 heterocycles. The summed E-state index contributed by atoms with van der Waals surface area (Å²) in [7, 11) is 3.53. The molecule has 0 aliphatic rings. The number of imidazole rings is 1. The van der Waals surface area contributed by atoms with E-state index in [1.165, 1.54) is 0 Å². The third-order valence-electron chi connectivity index (χ3n) is 3.63. The standard InChI is InChI=1S/C15H15ClN2O2/c1-9-6-11(8-20-9)14(16)10-4-5-12-13(7-10)18(3)15(19)17(12)2/h4-8,14H,1-3H3. The summed E-state index contributed by atoms with van der Waals surface area (Å²) in [6, 6.07) is 7.75. The molecule has 0 aliphatic carbocycles. The lowest BCUT2D eigenvalue weighted by Crippen LogP contribution is -2.19. The molecule has 5 heteroatoms. The first-order valence-electron chi connectivity index (χ1n) is 6.33. The fourth-order valence-corrected chi connectivity index (χ4v) is 2.72. The third-order valence-corrected chi connectivity index (χ3v) is 4.14. The van der Waals surface area contributed by atoms with Gasteiger partial charge in [-0.15, -0.1) is 11.6 Å². The van der Waals surface area contributed by atoms with Gasteiger partial charge in [-0.2, -0.15) is 0 Å². The number of fused-ring (bicyclic) bond motifs is 1. The molecule has 0 bridgehead atoms. The summed E-state index contributed by atoms with van der Waals surface area (Å²) in [5, 5.41) is -0.285. The van der Waals surface area contributed by atoms with Crippen molar-refractivity contribution in [3.05, 3.63) is 57.9 Å². The van der Waals surface area contributed by atoms with Crippen LogP contribution in [-0.2, 0) is 14.1 Å². The Hall–Kier alpha value is -1.94. The normalized spacial score (nSPS) is 13.0. The second kappa shape index (κ2) is 4.56. The Kier molecular flexibility index (Phi) is 2.98. The van der Waals surface area contributed by atoms with E-state index in [-0.39, 0.29) is 11.1 Å². The zero-order chi connectivity index (χ0) is 14.4. The first kappa shape index (κ1) is 13.1. The largest absolute Gasteiger partial charge is 0.469 e. The van der Waals surface area contributed by atoms with E-state index in [1.807, 2.05) is 31.2 Å². The number of halogens is 1. The number of furan rings is 1. The maximum absolute atomic E-state index is 11.9. The van der Waals surface area contributed by atoms with Crippen molar-refractivity contribution in [2.75, 3.05) is 0 Å². The topological polar surface area (TPSA) is 40.1 Å². The summed E-state index contributed by atoms with van der Waals surface area (Å²) in [4.78, 5) is 11.9. The molecule has 0 fully saturated rings. The highest BCUT2D eigenvalue weighted by atomic mass is 35.5. The van der Waals surface area contributed by atoms with Gasteiger partial charge in [-0.3, -0.25) is 9.13 Å². The minimum Gasteiger partial charge on any atom is -0.469 e. The van der Waals surface area contributed by atoms with Crippen molar-refractivity contribution >= 4 is 22.6 Å². The first-order chi connectivity index (χ1) is 9.49. The lowest BCUT2D eigenvalue weighted by atomic mass is 10.1. The lowest BCUT2D eigenvalue weighted by Gasteiger charge is -2.08. The van der Waals surface area contributed by atoms with Gasteiger partial charge in [0, 0.05) is 19.7 Å². The predicted molar refractivity (Wildman–Crippen MR) is 79.3 cm³/mol. The summed E-state index contributed by atoms with van der Waals surface area (Å²) in [5.74, 6) is 0.832. The Morgan fingerprint density at radius 3 is 2.45 bits per heavy atom. The summed E-state index contributed by atoms with van der Waals surface area (Å²) in [5.41, 5.74) is 3.60. The molecule has 0 N–H and O–H groups in total. The molecule has 0 radical (unpaired) electrons. The molecule has 2 aromatic heterocycles. The van der Waals surface area contributed by atoms with Gasteiger partial charge in [0.1, 0.15) is 5.76 Å². The predicted octanol–water partition coefficient (Wildman–Crippen LogP) is 3.11. The summed E-state index contributed by atoms with van der Waals surface area (Å²) < 4.78 is 8.56. The Morgan fingerprint density at radius 1 is 1.10 bits per heavy atom. The maximum atomic E-state index is 11.9. The average molecular weight is 291 g/mol. The van der Waals surface area contributed by atoms with E-state index in [0.29, 0.717) is 0 Å². The van der Waals surface area contributed by atoms with Crippen LogP contribution in [-0.4, -0.2) is 9.13 Å². The zero-order valence-electron chi connectivity index (χ0n) is 11.6. The number of hydrogen-bond acceptors (Lipinski definition) is 2. The smallest absolute Gasteiger partial charge is 0.328 e. The molecule has 0 aliphatic heterocycles. The molecule has 1 unspecified atom stereocenters. The number of hydrogen-bond donors (Lipinski definition) is 0. The van der Waals surface area contributed by atoms with E-state index in [9.17, 15) is 4.79 Å². The molecule has 20 heavy (non-hydrogen) atoms. The number of benzene rings is 1. The average Bonchev–Trinajstić information content (AvgIpc) is 2.97. The third kappa shape index (κ3) is 1.88. The number of nitrogens with zero attached hydrogens (tertiary/aromatic N) is 2. The van der Waals surface area contributed by atoms with Crippen LogP contribution in [0.3, 0.4) is 0 Å². The van der Waals surface area contributed by atoms with Crippen molar-refractivity contribution in [1.82, 2.24) is 9.13 Å². The molecule has 1 atom stereocenters. The molecular formula is C15H15ClN2O2. The second-order valence-electron chi connectivity index (χ2n) is 5.00. The van der Waals surface area contributed by atoms with Gasteiger partial charge in [0.2, 0.25) is 0 Å². The van der Waals surface area contributed by atoms with E-state index in [2.05, 4.69) is 0 Å². The molecule has 1 aromatic carbocycles. The Bertz CT molecular complexity index is 841. The van der Waals surface area contributed by atoms with Crippen LogP contribution in [0.2, 0.25) is 0 Å². The van der Waals surface area contributed by atoms with E-state index < -0.39 is 0 Å². The first-order valence-corrected chi connectivity index (χ1v) is 6.77. The molecular weight excluding hydrogens is 276 g/mol. The van der Waals surface area contributed by atoms with Crippen molar-refractivity contribution in [3.63, 3.8) is 0 Å². The molecule has 4 nitrogen and oxygen atoms in total. The molecule has 0 saturated carbocycles. The van der Waals surface area contributed by atoms with Crippen LogP contribution in [0.15, 0.2) is 39.7 Å². The van der Waals surface area contributed by atoms with Crippen molar-refractivity contribution < 1.29 is 4.42 Å². The minimum absolute atomic E-state index is 0.0394. The van der Waals surface area contributed by atoms with Crippen LogP contribution in [0.1, 0.15) is 22.3 Å². The Labute approximate surface area is 121 Å². The van der Waals surface area contributed by atoms with Gasteiger partial charge in [-0.1, -0.05) is 6.07 Å². The number of rotatable bonds is 2. The van der Waals surface area contributed by atoms with Crippen LogP contribution in [0.5, 0.6) is 0 Å². The molecule has 0 amide bonds. The molecule has 104 valence electrons. The van der Waals surface area contributed by atoms with Crippen molar-refractivity contribution in [2.45, 2.75) is 12.3 Å². The summed E-state index contributed by atoms with van der Waals surface area (Å²) in [6.07, 6.45) is 1.67. The highest BCUT2D eigenvalue weighted by Crippen LogP contribution is 2.31. The quantitative estimate of drug-likeness (QED) is 0.680. The van der Waals surface area contributed by atoms with Crippen molar-refractivity contribution in [1.29, 1.82) is 0 Å². The monoisotopic (exact) mass is 290 g/mol. The second-order valence-corrected chi connectivity index (χ2v) is 5.44. The maximum Gasteiger partial charge on any atom is 0.328 e. The Balaban J connectivity index is 2.14. The fraction of sp³-hybridized carbons (Fsp3) is 0.267. The van der Waals surface area contributed by atoms with Gasteiger partial charge < -0.3 is 4.42 Å². The molecule has 0 spiro atoms. The Morgan fingerprint density at radius 2 is 1.80 bits per heavy atom. The molecule has 0 saturated heterocycles. The van der Waals surface area contributed by atoms with E-state index in [1.54, 1.807) is 29.5 Å². The van der Waals surface area contributed by atoms with E-state index >= 15 is 0 Å². The number of aromatic nitrogens is 2. The number of alkyl halides is 1. The van der Waals surface area contributed by atoms with Crippen LogP contribution >= 0.6 is 11.6 Å². The van der Waals surface area contributed by atoms with Gasteiger partial charge in [0.05, 0.1) is 22.7 Å².